The Morgan fingerprint density at radius 3 is 2.81 bits per heavy atom. The van der Waals surface area contributed by atoms with Crippen LogP contribution in [0.3, 0.4) is 0 Å². The third-order valence-corrected chi connectivity index (χ3v) is 6.04. The van der Waals surface area contributed by atoms with E-state index in [4.69, 9.17) is 0 Å². The third-order valence-electron chi connectivity index (χ3n) is 6.04. The minimum atomic E-state index is -0.500. The molecule has 0 radical (unpaired) electrons. The van der Waals surface area contributed by atoms with Crippen LogP contribution in [0.1, 0.15) is 53.6 Å². The van der Waals surface area contributed by atoms with Gasteiger partial charge in [-0.1, -0.05) is 25.3 Å². The lowest BCUT2D eigenvalue weighted by atomic mass is 10.0. The molecular weight excluding hydrogens is 404 g/mol. The summed E-state index contributed by atoms with van der Waals surface area (Å²) in [5, 5.41) is 17.7. The Morgan fingerprint density at radius 1 is 1.09 bits per heavy atom. The van der Waals surface area contributed by atoms with Crippen molar-refractivity contribution in [3.8, 4) is 5.82 Å². The van der Waals surface area contributed by atoms with Gasteiger partial charge in [0.1, 0.15) is 5.65 Å². The first-order chi connectivity index (χ1) is 15.7. The first kappa shape index (κ1) is 20.4. The summed E-state index contributed by atoms with van der Waals surface area (Å²) in [6, 6.07) is 7.48. The molecule has 4 heterocycles. The fourth-order valence-corrected chi connectivity index (χ4v) is 4.35. The highest BCUT2D eigenvalue weighted by atomic mass is 16.3. The van der Waals surface area contributed by atoms with Crippen molar-refractivity contribution in [3.05, 3.63) is 78.1 Å². The topological polar surface area (TPSA) is 97.3 Å². The molecule has 1 amide bonds. The van der Waals surface area contributed by atoms with Crippen molar-refractivity contribution in [2.24, 2.45) is 0 Å². The molecule has 2 atom stereocenters. The number of fused-ring (bicyclic) bond motifs is 1. The van der Waals surface area contributed by atoms with E-state index < -0.39 is 6.10 Å². The summed E-state index contributed by atoms with van der Waals surface area (Å²) in [5.74, 6) is 0.562. The number of nitrogens with zero attached hydrogens (tertiary/aromatic N) is 5. The number of nitrogens with one attached hydrogen (secondary N) is 1. The largest absolute Gasteiger partial charge is 0.391 e. The van der Waals surface area contributed by atoms with Crippen LogP contribution in [0, 0.1) is 0 Å². The highest BCUT2D eigenvalue weighted by Gasteiger charge is 2.25. The first-order valence-corrected chi connectivity index (χ1v) is 11.1. The maximum atomic E-state index is 13.2. The summed E-state index contributed by atoms with van der Waals surface area (Å²) in [6.07, 6.45) is 15.7. The molecule has 0 aliphatic heterocycles. The maximum absolute atomic E-state index is 13.2. The number of carbonyl (C=O) groups is 1. The number of aromatic nitrogens is 5. The Balaban J connectivity index is 1.38. The van der Waals surface area contributed by atoms with E-state index in [-0.39, 0.29) is 11.9 Å². The molecule has 1 aliphatic carbocycles. The molecule has 4 aromatic rings. The number of aliphatic hydroxyl groups excluding tert-OH is 1. The van der Waals surface area contributed by atoms with E-state index >= 15 is 0 Å². The third kappa shape index (κ3) is 4.27. The van der Waals surface area contributed by atoms with E-state index in [2.05, 4.69) is 20.4 Å². The predicted octanol–water partition coefficient (Wildman–Crippen LogP) is 2.93. The van der Waals surface area contributed by atoms with Crippen molar-refractivity contribution in [1.29, 1.82) is 0 Å². The quantitative estimate of drug-likeness (QED) is 0.475. The zero-order chi connectivity index (χ0) is 21.9. The lowest BCUT2D eigenvalue weighted by molar-refractivity contribution is 0.0819. The molecule has 0 aromatic carbocycles. The Bertz CT molecular complexity index is 1200. The van der Waals surface area contributed by atoms with Gasteiger partial charge in [-0.2, -0.15) is 5.10 Å². The average Bonchev–Trinajstić information content (AvgIpc) is 3.46. The second kappa shape index (κ2) is 8.92. The standard InChI is InChI=1S/C24H26N6O2/c31-21-6-3-1-2-5-20(21)28-24(32)19-14-18(16-29-12-10-25-23(19)29)13-17-7-8-22(26-15-17)30-11-4-9-27-30/h4,7-12,14-16,20-21,31H,1-3,5-6,13H2,(H,28,32)/t20-,21-/m0/s1. The monoisotopic (exact) mass is 430 g/mol. The number of pyridine rings is 2. The smallest absolute Gasteiger partial charge is 0.255 e. The molecule has 2 N–H and O–H groups in total. The highest BCUT2D eigenvalue weighted by molar-refractivity contribution is 6.00. The number of hydrogen-bond acceptors (Lipinski definition) is 5. The number of carbonyl (C=O) groups excluding carboxylic acids is 1. The summed E-state index contributed by atoms with van der Waals surface area (Å²) < 4.78 is 3.59. The van der Waals surface area contributed by atoms with Gasteiger partial charge in [-0.3, -0.25) is 4.79 Å². The van der Waals surface area contributed by atoms with Gasteiger partial charge in [0.15, 0.2) is 5.82 Å². The van der Waals surface area contributed by atoms with Crippen molar-refractivity contribution < 1.29 is 9.90 Å². The van der Waals surface area contributed by atoms with Crippen LogP contribution < -0.4 is 5.32 Å². The minimum Gasteiger partial charge on any atom is -0.391 e. The Labute approximate surface area is 185 Å². The molecule has 5 rings (SSSR count). The minimum absolute atomic E-state index is 0.193. The normalized spacial score (nSPS) is 19.0. The van der Waals surface area contributed by atoms with Crippen LogP contribution in [-0.2, 0) is 6.42 Å². The van der Waals surface area contributed by atoms with Crippen molar-refractivity contribution in [1.82, 2.24) is 29.5 Å². The molecule has 8 heteroatoms. The number of imidazole rings is 1. The van der Waals surface area contributed by atoms with Crippen LogP contribution in [-0.4, -0.2) is 47.3 Å². The van der Waals surface area contributed by atoms with Crippen LogP contribution in [0.15, 0.2) is 61.4 Å². The fourth-order valence-electron chi connectivity index (χ4n) is 4.35. The summed E-state index contributed by atoms with van der Waals surface area (Å²) in [6.45, 7) is 0. The molecule has 32 heavy (non-hydrogen) atoms. The molecule has 164 valence electrons. The molecule has 1 fully saturated rings. The van der Waals surface area contributed by atoms with Gasteiger partial charge in [0.25, 0.3) is 5.91 Å². The van der Waals surface area contributed by atoms with Crippen LogP contribution in [0.2, 0.25) is 0 Å². The Hall–Kier alpha value is -3.52. The first-order valence-electron chi connectivity index (χ1n) is 11.1. The van der Waals surface area contributed by atoms with E-state index in [9.17, 15) is 9.90 Å². The van der Waals surface area contributed by atoms with Crippen molar-refractivity contribution >= 4 is 11.6 Å². The van der Waals surface area contributed by atoms with Gasteiger partial charge in [0.05, 0.1) is 17.7 Å². The predicted molar refractivity (Wildman–Crippen MR) is 120 cm³/mol. The second-order valence-electron chi connectivity index (χ2n) is 8.36. The fraction of sp³-hybridized carbons (Fsp3) is 0.333. The van der Waals surface area contributed by atoms with Crippen molar-refractivity contribution in [2.75, 3.05) is 0 Å². The van der Waals surface area contributed by atoms with Crippen LogP contribution in [0.5, 0.6) is 0 Å². The molecule has 8 nitrogen and oxygen atoms in total. The van der Waals surface area contributed by atoms with E-state index in [0.29, 0.717) is 17.6 Å². The van der Waals surface area contributed by atoms with E-state index in [0.717, 1.165) is 49.0 Å². The molecule has 0 unspecified atom stereocenters. The zero-order valence-electron chi connectivity index (χ0n) is 17.8. The summed E-state index contributed by atoms with van der Waals surface area (Å²) >= 11 is 0. The lowest BCUT2D eigenvalue weighted by Gasteiger charge is -2.22. The van der Waals surface area contributed by atoms with Crippen LogP contribution in [0.4, 0.5) is 0 Å². The molecule has 0 bridgehead atoms. The van der Waals surface area contributed by atoms with Gasteiger partial charge in [-0.15, -0.1) is 0 Å². The summed E-state index contributed by atoms with van der Waals surface area (Å²) in [7, 11) is 0. The van der Waals surface area contributed by atoms with Crippen molar-refractivity contribution in [3.63, 3.8) is 0 Å². The SMILES string of the molecule is O=C(N[C@H]1CCCCC[C@@H]1O)c1cc(Cc2ccc(-n3cccn3)nc2)cn2ccnc12. The highest BCUT2D eigenvalue weighted by Crippen LogP contribution is 2.20. The lowest BCUT2D eigenvalue weighted by Crippen LogP contribution is -2.42. The number of hydrogen-bond donors (Lipinski definition) is 2. The zero-order valence-corrected chi connectivity index (χ0v) is 17.8. The summed E-state index contributed by atoms with van der Waals surface area (Å²) in [4.78, 5) is 22.0. The van der Waals surface area contributed by atoms with E-state index in [1.54, 1.807) is 17.1 Å². The summed E-state index contributed by atoms with van der Waals surface area (Å²) in [5.41, 5.74) is 3.15. The number of amides is 1. The van der Waals surface area contributed by atoms with Crippen molar-refractivity contribution in [2.45, 2.75) is 50.7 Å². The maximum Gasteiger partial charge on any atom is 0.255 e. The molecule has 0 saturated heterocycles. The van der Waals surface area contributed by atoms with Gasteiger partial charge in [-0.05, 0) is 42.2 Å². The second-order valence-corrected chi connectivity index (χ2v) is 8.36. The van der Waals surface area contributed by atoms with Gasteiger partial charge >= 0.3 is 0 Å². The van der Waals surface area contributed by atoms with Gasteiger partial charge in [0.2, 0.25) is 0 Å². The van der Waals surface area contributed by atoms with Gasteiger partial charge in [-0.25, -0.2) is 14.6 Å². The van der Waals surface area contributed by atoms with Crippen LogP contribution in [0.25, 0.3) is 11.5 Å². The van der Waals surface area contributed by atoms with Gasteiger partial charge in [0, 0.05) is 43.6 Å². The van der Waals surface area contributed by atoms with Gasteiger partial charge < -0.3 is 14.8 Å². The van der Waals surface area contributed by atoms with Crippen LogP contribution >= 0.6 is 0 Å². The Kier molecular flexibility index (Phi) is 5.68. The molecule has 1 aliphatic rings. The molecule has 4 aromatic heterocycles. The number of aliphatic hydroxyl groups is 1. The van der Waals surface area contributed by atoms with E-state index in [1.165, 1.54) is 0 Å². The average molecular weight is 431 g/mol. The van der Waals surface area contributed by atoms with E-state index in [1.807, 2.05) is 53.5 Å². The molecule has 1 saturated carbocycles. The molecular formula is C24H26N6O2. The number of rotatable bonds is 5. The molecule has 0 spiro atoms. The Morgan fingerprint density at radius 2 is 2.00 bits per heavy atom.